The summed E-state index contributed by atoms with van der Waals surface area (Å²) in [6, 6.07) is 24.2. The summed E-state index contributed by atoms with van der Waals surface area (Å²) in [6.07, 6.45) is 1.95. The van der Waals surface area contributed by atoms with E-state index in [1.54, 1.807) is 4.57 Å². The van der Waals surface area contributed by atoms with Crippen LogP contribution in [0.2, 0.25) is 0 Å². The highest BCUT2D eigenvalue weighted by Crippen LogP contribution is 2.35. The number of amides is 1. The predicted octanol–water partition coefficient (Wildman–Crippen LogP) is 6.58. The van der Waals surface area contributed by atoms with Gasteiger partial charge in [-0.25, -0.2) is 4.79 Å². The van der Waals surface area contributed by atoms with E-state index in [4.69, 9.17) is 0 Å². The third kappa shape index (κ3) is 3.69. The Morgan fingerprint density at radius 2 is 1.53 bits per heavy atom. The molecular formula is C26H27N3O. The van der Waals surface area contributed by atoms with Gasteiger partial charge in [0, 0.05) is 42.6 Å². The molecule has 0 radical (unpaired) electrons. The number of anilines is 2. The van der Waals surface area contributed by atoms with E-state index >= 15 is 0 Å². The number of carbonyl (C=O) groups excluding carboxylic acids is 1. The Morgan fingerprint density at radius 1 is 0.867 bits per heavy atom. The van der Waals surface area contributed by atoms with Crippen LogP contribution in [0.15, 0.2) is 79.0 Å². The molecule has 1 N–H and O–H groups in total. The summed E-state index contributed by atoms with van der Waals surface area (Å²) < 4.78 is 1.71. The maximum absolute atomic E-state index is 13.2. The van der Waals surface area contributed by atoms with Crippen molar-refractivity contribution in [3.05, 3.63) is 84.6 Å². The quantitative estimate of drug-likeness (QED) is 0.422. The predicted molar refractivity (Wildman–Crippen MR) is 127 cm³/mol. The second-order valence-electron chi connectivity index (χ2n) is 8.04. The zero-order valence-corrected chi connectivity index (χ0v) is 17.9. The summed E-state index contributed by atoms with van der Waals surface area (Å²) in [7, 11) is 3.99. The molecule has 0 spiro atoms. The number of nitrogens with one attached hydrogen (secondary N) is 1. The molecule has 0 aliphatic rings. The Bertz CT molecular complexity index is 1190. The Labute approximate surface area is 177 Å². The second kappa shape index (κ2) is 8.07. The first-order chi connectivity index (χ1) is 14.5. The number of hydrogen-bond donors (Lipinski definition) is 1. The number of benzene rings is 3. The van der Waals surface area contributed by atoms with E-state index < -0.39 is 0 Å². The van der Waals surface area contributed by atoms with Crippen molar-refractivity contribution in [3.8, 4) is 11.1 Å². The molecule has 0 bridgehead atoms. The molecule has 152 valence electrons. The average Bonchev–Trinajstić information content (AvgIpc) is 3.14. The summed E-state index contributed by atoms with van der Waals surface area (Å²) in [6.45, 7) is 4.39. The van der Waals surface area contributed by atoms with Crippen molar-refractivity contribution in [2.75, 3.05) is 24.3 Å². The van der Waals surface area contributed by atoms with Crippen molar-refractivity contribution in [1.82, 2.24) is 4.57 Å². The van der Waals surface area contributed by atoms with Crippen molar-refractivity contribution in [2.45, 2.75) is 19.8 Å². The lowest BCUT2D eigenvalue weighted by molar-refractivity contribution is 0.254. The number of nitrogens with zero attached hydrogens (tertiary/aromatic N) is 2. The lowest BCUT2D eigenvalue weighted by atomic mass is 9.92. The fourth-order valence-corrected chi connectivity index (χ4v) is 3.83. The number of fused-ring (bicyclic) bond motifs is 1. The van der Waals surface area contributed by atoms with Crippen LogP contribution in [-0.2, 0) is 0 Å². The van der Waals surface area contributed by atoms with Crippen molar-refractivity contribution in [3.63, 3.8) is 0 Å². The number of rotatable bonds is 4. The molecule has 0 fully saturated rings. The van der Waals surface area contributed by atoms with Gasteiger partial charge in [-0.05, 0) is 47.4 Å². The van der Waals surface area contributed by atoms with E-state index in [1.165, 1.54) is 11.1 Å². The van der Waals surface area contributed by atoms with Crippen LogP contribution >= 0.6 is 0 Å². The molecule has 1 aromatic heterocycles. The molecule has 0 unspecified atom stereocenters. The standard InChI is InChI=1S/C26H27N3O/c1-18(2)21-9-5-6-10-22(21)24-17-29(25-12-8-7-11-23(24)25)26(30)27-19-13-15-20(16-14-19)28(3)4/h5-18H,1-4H3,(H,27,30). The van der Waals surface area contributed by atoms with Crippen LogP contribution in [0.4, 0.5) is 16.2 Å². The van der Waals surface area contributed by atoms with Gasteiger partial charge in [0.2, 0.25) is 0 Å². The van der Waals surface area contributed by atoms with Gasteiger partial charge in [-0.2, -0.15) is 0 Å². The second-order valence-corrected chi connectivity index (χ2v) is 8.04. The van der Waals surface area contributed by atoms with Crippen molar-refractivity contribution < 1.29 is 4.79 Å². The fourth-order valence-electron chi connectivity index (χ4n) is 3.83. The molecule has 4 rings (SSSR count). The SMILES string of the molecule is CC(C)c1ccccc1-c1cn(C(=O)Nc2ccc(N(C)C)cc2)c2ccccc12. The minimum Gasteiger partial charge on any atom is -0.378 e. The Morgan fingerprint density at radius 3 is 2.23 bits per heavy atom. The van der Waals surface area contributed by atoms with Crippen LogP contribution in [0.25, 0.3) is 22.0 Å². The highest BCUT2D eigenvalue weighted by Gasteiger charge is 2.17. The molecule has 0 saturated heterocycles. The first-order valence-corrected chi connectivity index (χ1v) is 10.2. The largest absolute Gasteiger partial charge is 0.378 e. The van der Waals surface area contributed by atoms with Gasteiger partial charge in [0.05, 0.1) is 5.52 Å². The van der Waals surface area contributed by atoms with Crippen LogP contribution in [-0.4, -0.2) is 24.7 Å². The number of para-hydroxylation sites is 1. The number of carbonyl (C=O) groups is 1. The van der Waals surface area contributed by atoms with Gasteiger partial charge >= 0.3 is 6.03 Å². The van der Waals surface area contributed by atoms with Crippen LogP contribution in [0.1, 0.15) is 25.3 Å². The first kappa shape index (κ1) is 19.8. The van der Waals surface area contributed by atoms with E-state index in [0.29, 0.717) is 5.92 Å². The molecule has 4 nitrogen and oxygen atoms in total. The molecule has 0 saturated carbocycles. The summed E-state index contributed by atoms with van der Waals surface area (Å²) >= 11 is 0. The smallest absolute Gasteiger partial charge is 0.330 e. The van der Waals surface area contributed by atoms with Gasteiger partial charge in [0.15, 0.2) is 0 Å². The number of aromatic nitrogens is 1. The van der Waals surface area contributed by atoms with Crippen molar-refractivity contribution in [2.24, 2.45) is 0 Å². The van der Waals surface area contributed by atoms with Gasteiger partial charge in [0.25, 0.3) is 0 Å². The Balaban J connectivity index is 1.75. The topological polar surface area (TPSA) is 37.3 Å². The van der Waals surface area contributed by atoms with Gasteiger partial charge in [-0.3, -0.25) is 4.57 Å². The molecule has 1 heterocycles. The summed E-state index contributed by atoms with van der Waals surface area (Å²) in [5.74, 6) is 0.396. The third-order valence-corrected chi connectivity index (χ3v) is 5.44. The molecule has 0 atom stereocenters. The van der Waals surface area contributed by atoms with Crippen LogP contribution < -0.4 is 10.2 Å². The van der Waals surface area contributed by atoms with E-state index in [0.717, 1.165) is 27.8 Å². The minimum absolute atomic E-state index is 0.169. The van der Waals surface area contributed by atoms with Crippen molar-refractivity contribution in [1.29, 1.82) is 0 Å². The third-order valence-electron chi connectivity index (χ3n) is 5.44. The molecule has 4 aromatic rings. The van der Waals surface area contributed by atoms with E-state index in [2.05, 4.69) is 49.5 Å². The van der Waals surface area contributed by atoms with E-state index in [1.807, 2.05) is 67.7 Å². The van der Waals surface area contributed by atoms with Crippen molar-refractivity contribution >= 4 is 28.3 Å². The molecule has 0 aliphatic carbocycles. The zero-order valence-electron chi connectivity index (χ0n) is 17.9. The van der Waals surface area contributed by atoms with Gasteiger partial charge in [0.1, 0.15) is 0 Å². The van der Waals surface area contributed by atoms with E-state index in [-0.39, 0.29) is 6.03 Å². The maximum atomic E-state index is 13.2. The average molecular weight is 398 g/mol. The fraction of sp³-hybridized carbons (Fsp3) is 0.192. The lowest BCUT2D eigenvalue weighted by Crippen LogP contribution is -2.18. The molecule has 4 heteroatoms. The Kier molecular flexibility index (Phi) is 5.32. The molecule has 0 aliphatic heterocycles. The summed E-state index contributed by atoms with van der Waals surface area (Å²) in [4.78, 5) is 15.2. The van der Waals surface area contributed by atoms with Gasteiger partial charge in [-0.15, -0.1) is 0 Å². The lowest BCUT2D eigenvalue weighted by Gasteiger charge is -2.13. The molecule has 3 aromatic carbocycles. The monoisotopic (exact) mass is 397 g/mol. The van der Waals surface area contributed by atoms with Gasteiger partial charge in [-0.1, -0.05) is 56.3 Å². The molecular weight excluding hydrogens is 370 g/mol. The van der Waals surface area contributed by atoms with Crippen LogP contribution in [0.5, 0.6) is 0 Å². The molecule has 1 amide bonds. The minimum atomic E-state index is -0.169. The van der Waals surface area contributed by atoms with E-state index in [9.17, 15) is 4.79 Å². The van der Waals surface area contributed by atoms with Crippen LogP contribution in [0, 0.1) is 0 Å². The number of hydrogen-bond acceptors (Lipinski definition) is 2. The highest BCUT2D eigenvalue weighted by atomic mass is 16.2. The first-order valence-electron chi connectivity index (χ1n) is 10.2. The zero-order chi connectivity index (χ0) is 21.3. The summed E-state index contributed by atoms with van der Waals surface area (Å²) in [5.41, 5.74) is 6.28. The Hall–Kier alpha value is -3.53. The van der Waals surface area contributed by atoms with Gasteiger partial charge < -0.3 is 10.2 Å². The maximum Gasteiger partial charge on any atom is 0.330 e. The highest BCUT2D eigenvalue weighted by molar-refractivity contribution is 6.05. The normalized spacial score (nSPS) is 11.1. The van der Waals surface area contributed by atoms with Crippen LogP contribution in [0.3, 0.4) is 0 Å². The summed E-state index contributed by atoms with van der Waals surface area (Å²) in [5, 5.41) is 4.10. The molecule has 30 heavy (non-hydrogen) atoms.